The van der Waals surface area contributed by atoms with Gasteiger partial charge in [0.2, 0.25) is 0 Å². The maximum absolute atomic E-state index is 10.5. The van der Waals surface area contributed by atoms with Crippen LogP contribution in [-0.4, -0.2) is 11.2 Å². The summed E-state index contributed by atoms with van der Waals surface area (Å²) < 4.78 is 5.84. The predicted octanol–water partition coefficient (Wildman–Crippen LogP) is 4.29. The zero-order chi connectivity index (χ0) is 17.5. The summed E-state index contributed by atoms with van der Waals surface area (Å²) in [6.07, 6.45) is -0.122. The summed E-state index contributed by atoms with van der Waals surface area (Å²) in [4.78, 5) is 0. The van der Waals surface area contributed by atoms with Crippen LogP contribution < -0.4 is 10.5 Å². The van der Waals surface area contributed by atoms with Crippen LogP contribution in [0.1, 0.15) is 22.7 Å². The fraction of sp³-hybridized carbons (Fsp3) is 0.182. The van der Waals surface area contributed by atoms with Gasteiger partial charge in [0, 0.05) is 6.42 Å². The van der Waals surface area contributed by atoms with Gasteiger partial charge in [-0.1, -0.05) is 72.8 Å². The van der Waals surface area contributed by atoms with E-state index in [-0.39, 0.29) is 12.4 Å². The molecule has 0 aliphatic heterocycles. The third kappa shape index (κ3) is 5.60. The van der Waals surface area contributed by atoms with Crippen LogP contribution in [0.15, 0.2) is 84.9 Å². The van der Waals surface area contributed by atoms with Gasteiger partial charge in [-0.3, -0.25) is 0 Å². The Morgan fingerprint density at radius 3 is 2.08 bits per heavy atom. The number of aliphatic hydroxyl groups excluding tert-OH is 1. The molecule has 0 bridgehead atoms. The minimum Gasteiger partial charge on any atom is -0.489 e. The van der Waals surface area contributed by atoms with Gasteiger partial charge in [0.25, 0.3) is 0 Å². The van der Waals surface area contributed by atoms with E-state index >= 15 is 0 Å². The Morgan fingerprint density at radius 2 is 1.42 bits per heavy atom. The molecule has 0 amide bonds. The predicted molar refractivity (Wildman–Crippen MR) is 108 cm³/mol. The number of aliphatic hydroxyl groups is 1. The Kier molecular flexibility index (Phi) is 7.67. The van der Waals surface area contributed by atoms with Gasteiger partial charge in [0.15, 0.2) is 0 Å². The minimum atomic E-state index is -0.647. The third-order valence-corrected chi connectivity index (χ3v) is 4.19. The van der Waals surface area contributed by atoms with E-state index in [0.29, 0.717) is 13.0 Å². The van der Waals surface area contributed by atoms with Crippen LogP contribution in [0.4, 0.5) is 0 Å². The Bertz CT molecular complexity index is 780. The molecule has 0 aromatic heterocycles. The van der Waals surface area contributed by atoms with Crippen molar-refractivity contribution < 1.29 is 9.84 Å². The lowest BCUT2D eigenvalue weighted by Gasteiger charge is -2.20. The maximum atomic E-state index is 10.5. The maximum Gasteiger partial charge on any atom is 0.120 e. The van der Waals surface area contributed by atoms with Crippen LogP contribution >= 0.6 is 12.4 Å². The molecule has 0 aliphatic carbocycles. The summed E-state index contributed by atoms with van der Waals surface area (Å²) in [7, 11) is 0. The first-order chi connectivity index (χ1) is 12.2. The SMILES string of the molecule is Cl.N[C@@H](c1cccc(OCc2ccccc2)c1)[C@H](O)Cc1ccccc1. The summed E-state index contributed by atoms with van der Waals surface area (Å²) in [6, 6.07) is 27.1. The van der Waals surface area contributed by atoms with E-state index in [9.17, 15) is 5.11 Å². The molecule has 3 nitrogen and oxygen atoms in total. The van der Waals surface area contributed by atoms with Crippen molar-refractivity contribution in [3.05, 3.63) is 102 Å². The highest BCUT2D eigenvalue weighted by atomic mass is 35.5. The van der Waals surface area contributed by atoms with E-state index < -0.39 is 12.1 Å². The van der Waals surface area contributed by atoms with Crippen LogP contribution in [-0.2, 0) is 13.0 Å². The molecule has 3 N–H and O–H groups in total. The standard InChI is InChI=1S/C22H23NO2.ClH/c23-22(21(24)14-17-8-3-1-4-9-17)19-12-7-13-20(15-19)25-16-18-10-5-2-6-11-18;/h1-13,15,21-22,24H,14,16,23H2;1H/t21-,22+;/m1./s1. The molecule has 0 unspecified atom stereocenters. The number of hydrogen-bond acceptors (Lipinski definition) is 3. The Morgan fingerprint density at radius 1 is 0.808 bits per heavy atom. The summed E-state index contributed by atoms with van der Waals surface area (Å²) in [5, 5.41) is 10.5. The normalized spacial score (nSPS) is 12.7. The fourth-order valence-electron chi connectivity index (χ4n) is 2.76. The molecular weight excluding hydrogens is 346 g/mol. The first-order valence-corrected chi connectivity index (χ1v) is 8.46. The van der Waals surface area contributed by atoms with E-state index in [4.69, 9.17) is 10.5 Å². The molecule has 136 valence electrons. The van der Waals surface area contributed by atoms with Crippen LogP contribution in [0.25, 0.3) is 0 Å². The summed E-state index contributed by atoms with van der Waals surface area (Å²) in [6.45, 7) is 0.506. The molecule has 0 saturated carbocycles. The van der Waals surface area contributed by atoms with Crippen molar-refractivity contribution in [2.75, 3.05) is 0 Å². The molecule has 0 radical (unpaired) electrons. The first kappa shape index (κ1) is 20.0. The van der Waals surface area contributed by atoms with Crippen molar-refractivity contribution in [2.24, 2.45) is 5.73 Å². The van der Waals surface area contributed by atoms with Crippen molar-refractivity contribution in [3.8, 4) is 5.75 Å². The van der Waals surface area contributed by atoms with E-state index in [2.05, 4.69) is 0 Å². The van der Waals surface area contributed by atoms with Crippen LogP contribution in [0.3, 0.4) is 0 Å². The van der Waals surface area contributed by atoms with E-state index in [1.54, 1.807) is 0 Å². The Hall–Kier alpha value is -2.33. The van der Waals surface area contributed by atoms with Gasteiger partial charge in [-0.05, 0) is 28.8 Å². The lowest BCUT2D eigenvalue weighted by atomic mass is 9.97. The summed E-state index contributed by atoms with van der Waals surface area (Å²) in [5.41, 5.74) is 9.31. The van der Waals surface area contributed by atoms with Gasteiger partial charge in [-0.2, -0.15) is 0 Å². The van der Waals surface area contributed by atoms with Crippen LogP contribution in [0.2, 0.25) is 0 Å². The van der Waals surface area contributed by atoms with Crippen molar-refractivity contribution >= 4 is 12.4 Å². The molecule has 0 saturated heterocycles. The molecule has 2 atom stereocenters. The average molecular weight is 370 g/mol. The van der Waals surface area contributed by atoms with Gasteiger partial charge in [0.1, 0.15) is 12.4 Å². The topological polar surface area (TPSA) is 55.5 Å². The second-order valence-electron chi connectivity index (χ2n) is 6.13. The quantitative estimate of drug-likeness (QED) is 0.653. The fourth-order valence-corrected chi connectivity index (χ4v) is 2.76. The number of benzene rings is 3. The molecule has 4 heteroatoms. The highest BCUT2D eigenvalue weighted by molar-refractivity contribution is 5.85. The molecule has 26 heavy (non-hydrogen) atoms. The zero-order valence-electron chi connectivity index (χ0n) is 14.5. The van der Waals surface area contributed by atoms with Gasteiger partial charge in [0.05, 0.1) is 12.1 Å². The number of rotatable bonds is 7. The van der Waals surface area contributed by atoms with Crippen molar-refractivity contribution in [1.82, 2.24) is 0 Å². The van der Waals surface area contributed by atoms with Crippen molar-refractivity contribution in [3.63, 3.8) is 0 Å². The second kappa shape index (κ2) is 9.97. The van der Waals surface area contributed by atoms with E-state index in [1.165, 1.54) is 0 Å². The molecule has 0 aliphatic rings. The highest BCUT2D eigenvalue weighted by Gasteiger charge is 2.17. The van der Waals surface area contributed by atoms with E-state index in [0.717, 1.165) is 22.4 Å². The second-order valence-corrected chi connectivity index (χ2v) is 6.13. The van der Waals surface area contributed by atoms with Gasteiger partial charge in [-0.15, -0.1) is 12.4 Å². The molecule has 3 aromatic rings. The number of halogens is 1. The summed E-state index contributed by atoms with van der Waals surface area (Å²) >= 11 is 0. The Labute approximate surface area is 160 Å². The van der Waals surface area contributed by atoms with Crippen LogP contribution in [0, 0.1) is 0 Å². The van der Waals surface area contributed by atoms with E-state index in [1.807, 2.05) is 84.9 Å². The van der Waals surface area contributed by atoms with Gasteiger partial charge < -0.3 is 15.6 Å². The Balaban J connectivity index is 0.00000243. The number of nitrogens with two attached hydrogens (primary N) is 1. The molecule has 0 fully saturated rings. The number of ether oxygens (including phenoxy) is 1. The average Bonchev–Trinajstić information content (AvgIpc) is 2.67. The molecule has 0 spiro atoms. The molecule has 3 aromatic carbocycles. The largest absolute Gasteiger partial charge is 0.489 e. The molecule has 3 rings (SSSR count). The lowest BCUT2D eigenvalue weighted by Crippen LogP contribution is -2.28. The first-order valence-electron chi connectivity index (χ1n) is 8.46. The van der Waals surface area contributed by atoms with Crippen molar-refractivity contribution in [1.29, 1.82) is 0 Å². The molecular formula is C22H24ClNO2. The highest BCUT2D eigenvalue weighted by Crippen LogP contribution is 2.22. The third-order valence-electron chi connectivity index (χ3n) is 4.19. The van der Waals surface area contributed by atoms with Crippen LogP contribution in [0.5, 0.6) is 5.75 Å². The van der Waals surface area contributed by atoms with Gasteiger partial charge >= 0.3 is 0 Å². The minimum absolute atomic E-state index is 0. The lowest BCUT2D eigenvalue weighted by molar-refractivity contribution is 0.145. The molecule has 0 heterocycles. The zero-order valence-corrected chi connectivity index (χ0v) is 15.3. The monoisotopic (exact) mass is 369 g/mol. The smallest absolute Gasteiger partial charge is 0.120 e. The van der Waals surface area contributed by atoms with Gasteiger partial charge in [-0.25, -0.2) is 0 Å². The number of hydrogen-bond donors (Lipinski definition) is 2. The summed E-state index contributed by atoms with van der Waals surface area (Å²) in [5.74, 6) is 0.753. The van der Waals surface area contributed by atoms with Crippen molar-refractivity contribution in [2.45, 2.75) is 25.2 Å².